The van der Waals surface area contributed by atoms with Crippen LogP contribution in [0.15, 0.2) is 0 Å². The molecule has 0 unspecified atom stereocenters. The molecule has 16 heavy (non-hydrogen) atoms. The summed E-state index contributed by atoms with van der Waals surface area (Å²) in [6.07, 6.45) is 0. The molecule has 3 nitrogen and oxygen atoms in total. The van der Waals surface area contributed by atoms with Gasteiger partial charge in [-0.25, -0.2) is 0 Å². The summed E-state index contributed by atoms with van der Waals surface area (Å²) in [4.78, 5) is 3.79. The molecule has 0 saturated heterocycles. The van der Waals surface area contributed by atoms with Crippen LogP contribution in [-0.4, -0.2) is 98.0 Å². The number of thiol groups is 1. The Morgan fingerprint density at radius 1 is 1.06 bits per heavy atom. The van der Waals surface area contributed by atoms with Crippen molar-refractivity contribution in [3.05, 3.63) is 0 Å². The van der Waals surface area contributed by atoms with Crippen LogP contribution in [0.1, 0.15) is 0 Å². The van der Waals surface area contributed by atoms with Gasteiger partial charge in [-0.15, -0.1) is 0 Å². The minimum absolute atomic E-state index is 0. The number of hydrogen-bond donors (Lipinski definition) is 1. The predicted octanol–water partition coefficient (Wildman–Crippen LogP) is 1.81. The number of nitriles is 1. The van der Waals surface area contributed by atoms with Crippen LogP contribution in [0.4, 0.5) is 0 Å². The molecule has 88 valence electrons. The molecule has 0 aromatic carbocycles. The number of thiocyanates is 1. The van der Waals surface area contributed by atoms with Gasteiger partial charge in [-0.3, -0.25) is 0 Å². The van der Waals surface area contributed by atoms with Gasteiger partial charge >= 0.3 is 51.4 Å². The Balaban J connectivity index is -0.000000377. The van der Waals surface area contributed by atoms with Crippen molar-refractivity contribution in [1.82, 2.24) is 9.80 Å². The SMILES string of the molecule is CN(C)C(=S)SSC(=S)N(C)C.N#CS.[KH]. The molecule has 0 aromatic rings. The fraction of sp³-hybridized carbons (Fsp3) is 0.571. The molecule has 0 aliphatic heterocycles. The molecule has 0 atom stereocenters. The fourth-order valence-electron chi connectivity index (χ4n) is 0.220. The van der Waals surface area contributed by atoms with Crippen molar-refractivity contribution in [2.45, 2.75) is 0 Å². The van der Waals surface area contributed by atoms with Crippen LogP contribution in [0.25, 0.3) is 0 Å². The minimum atomic E-state index is 0. The quantitative estimate of drug-likeness (QED) is 0.237. The molecular weight excluding hydrogens is 326 g/mol. The zero-order chi connectivity index (χ0) is 12.4. The van der Waals surface area contributed by atoms with E-state index in [1.54, 1.807) is 0 Å². The number of nitrogens with zero attached hydrogens (tertiary/aromatic N) is 3. The molecule has 0 aliphatic rings. The summed E-state index contributed by atoms with van der Waals surface area (Å²) in [6.45, 7) is 0. The molecule has 0 heterocycles. The van der Waals surface area contributed by atoms with E-state index in [0.717, 1.165) is 8.64 Å². The Morgan fingerprint density at radius 3 is 1.38 bits per heavy atom. The van der Waals surface area contributed by atoms with Crippen LogP contribution in [0, 0.1) is 10.7 Å². The molecule has 0 radical (unpaired) electrons. The molecule has 0 N–H and O–H groups in total. The van der Waals surface area contributed by atoms with E-state index >= 15 is 0 Å². The topological polar surface area (TPSA) is 30.3 Å². The number of rotatable bonds is 0. The number of hydrogen-bond acceptors (Lipinski definition) is 6. The van der Waals surface area contributed by atoms with Gasteiger partial charge in [0.15, 0.2) is 0 Å². The Kier molecular flexibility index (Phi) is 21.7. The second-order valence-electron chi connectivity index (χ2n) is 2.59. The Hall–Kier alpha value is 1.96. The van der Waals surface area contributed by atoms with Gasteiger partial charge in [0, 0.05) is 28.2 Å². The zero-order valence-electron chi connectivity index (χ0n) is 8.92. The molecule has 0 fully saturated rings. The van der Waals surface area contributed by atoms with E-state index in [-0.39, 0.29) is 51.4 Å². The van der Waals surface area contributed by atoms with Crippen LogP contribution < -0.4 is 0 Å². The van der Waals surface area contributed by atoms with Crippen molar-refractivity contribution >= 4 is 119 Å². The normalized spacial score (nSPS) is 7.50. The molecular formula is C7H14KN3S5. The molecule has 0 spiro atoms. The van der Waals surface area contributed by atoms with E-state index < -0.39 is 0 Å². The second-order valence-corrected chi connectivity index (χ2v) is 6.18. The molecule has 0 saturated carbocycles. The summed E-state index contributed by atoms with van der Waals surface area (Å²) < 4.78 is 1.67. The van der Waals surface area contributed by atoms with Crippen molar-refractivity contribution in [3.63, 3.8) is 0 Å². The third kappa shape index (κ3) is 16.0. The third-order valence-electron chi connectivity index (χ3n) is 0.915. The monoisotopic (exact) mass is 339 g/mol. The van der Waals surface area contributed by atoms with E-state index in [2.05, 4.69) is 12.6 Å². The van der Waals surface area contributed by atoms with Gasteiger partial charge in [0.2, 0.25) is 0 Å². The van der Waals surface area contributed by atoms with Crippen LogP contribution in [0.5, 0.6) is 0 Å². The van der Waals surface area contributed by atoms with Crippen LogP contribution >= 0.6 is 58.7 Å². The van der Waals surface area contributed by atoms with Crippen molar-refractivity contribution in [2.75, 3.05) is 28.2 Å². The van der Waals surface area contributed by atoms with Crippen molar-refractivity contribution in [3.8, 4) is 5.40 Å². The third-order valence-corrected chi connectivity index (χ3v) is 5.07. The van der Waals surface area contributed by atoms with E-state index in [4.69, 9.17) is 29.7 Å². The first-order valence-electron chi connectivity index (χ1n) is 3.67. The van der Waals surface area contributed by atoms with E-state index in [1.807, 2.05) is 38.0 Å². The summed E-state index contributed by atoms with van der Waals surface area (Å²) in [5.41, 5.74) is 0. The second kappa shape index (κ2) is 15.0. The Labute approximate surface area is 164 Å². The number of thiocarbonyl (C=S) groups is 2. The first kappa shape index (κ1) is 23.1. The Bertz CT molecular complexity index is 231. The van der Waals surface area contributed by atoms with E-state index in [1.165, 1.54) is 27.0 Å². The van der Waals surface area contributed by atoms with Gasteiger partial charge in [0.05, 0.1) is 0 Å². The first-order valence-corrected chi connectivity index (χ1v) is 7.08. The molecule has 9 heteroatoms. The summed E-state index contributed by atoms with van der Waals surface area (Å²) >= 11 is 13.2. The fourth-order valence-corrected chi connectivity index (χ4v) is 2.60. The maximum atomic E-state index is 7.18. The maximum absolute atomic E-state index is 7.18. The first-order chi connectivity index (χ1) is 6.86. The van der Waals surface area contributed by atoms with Gasteiger partial charge in [-0.1, -0.05) is 37.1 Å². The van der Waals surface area contributed by atoms with Crippen LogP contribution in [0.3, 0.4) is 0 Å². The van der Waals surface area contributed by atoms with Gasteiger partial charge in [-0.05, 0) is 21.6 Å². The van der Waals surface area contributed by atoms with Gasteiger partial charge in [0.25, 0.3) is 0 Å². The summed E-state index contributed by atoms with van der Waals surface area (Å²) in [7, 11) is 10.7. The summed E-state index contributed by atoms with van der Waals surface area (Å²) in [5.74, 6) is 0. The van der Waals surface area contributed by atoms with Crippen LogP contribution in [-0.2, 0) is 0 Å². The predicted molar refractivity (Wildman–Crippen MR) is 89.5 cm³/mol. The van der Waals surface area contributed by atoms with Gasteiger partial charge < -0.3 is 9.80 Å². The molecule has 0 amide bonds. The Morgan fingerprint density at radius 2 is 1.25 bits per heavy atom. The van der Waals surface area contributed by atoms with Crippen LogP contribution in [0.2, 0.25) is 0 Å². The zero-order valence-corrected chi connectivity index (χ0v) is 13.1. The summed E-state index contributed by atoms with van der Waals surface area (Å²) in [6, 6.07) is 0. The van der Waals surface area contributed by atoms with Gasteiger partial charge in [0.1, 0.15) is 14.0 Å². The van der Waals surface area contributed by atoms with Crippen molar-refractivity contribution < 1.29 is 0 Å². The van der Waals surface area contributed by atoms with Crippen molar-refractivity contribution in [2.24, 2.45) is 0 Å². The summed E-state index contributed by atoms with van der Waals surface area (Å²) in [5, 5.41) is 8.63. The molecule has 0 aliphatic carbocycles. The van der Waals surface area contributed by atoms with Crippen molar-refractivity contribution in [1.29, 1.82) is 5.26 Å². The molecule has 0 bridgehead atoms. The molecule has 0 aromatic heterocycles. The average Bonchev–Trinajstić information content (AvgIpc) is 2.14. The van der Waals surface area contributed by atoms with Gasteiger partial charge in [-0.2, -0.15) is 5.26 Å². The molecule has 0 rings (SSSR count). The van der Waals surface area contributed by atoms with E-state index in [9.17, 15) is 0 Å². The van der Waals surface area contributed by atoms with E-state index in [0.29, 0.717) is 0 Å². The average molecular weight is 340 g/mol. The standard InChI is InChI=1S/C6H12N2S4.CHNS.K.H/c1-7(2)5(9)11-12-6(10)8(3)4;2-1-3;;/h1-4H3;3H;;.